The third-order valence-electron chi connectivity index (χ3n) is 10.6. The van der Waals surface area contributed by atoms with Crippen LogP contribution in [0, 0.1) is 18.8 Å². The molecule has 4 aromatic rings. The number of rotatable bonds is 10. The van der Waals surface area contributed by atoms with E-state index in [1.54, 1.807) is 16.7 Å². The Kier molecular flexibility index (Phi) is 9.59. The van der Waals surface area contributed by atoms with E-state index in [1.807, 2.05) is 0 Å². The molecule has 0 unspecified atom stereocenters. The van der Waals surface area contributed by atoms with Gasteiger partial charge in [0, 0.05) is 5.41 Å². The summed E-state index contributed by atoms with van der Waals surface area (Å²) >= 11 is 0. The van der Waals surface area contributed by atoms with Gasteiger partial charge in [0.1, 0.15) is 0 Å². The van der Waals surface area contributed by atoms with Gasteiger partial charge in [0.2, 0.25) is 0 Å². The first-order valence-electron chi connectivity index (χ1n) is 17.0. The van der Waals surface area contributed by atoms with E-state index in [0.717, 1.165) is 24.7 Å². The van der Waals surface area contributed by atoms with Gasteiger partial charge in [0.15, 0.2) is 0 Å². The number of hydrogen-bond acceptors (Lipinski definition) is 0. The van der Waals surface area contributed by atoms with E-state index in [1.165, 1.54) is 99.3 Å². The lowest BCUT2D eigenvalue weighted by Gasteiger charge is -2.44. The lowest BCUT2D eigenvalue weighted by Crippen LogP contribution is -2.36. The second-order valence-corrected chi connectivity index (χ2v) is 13.6. The smallest absolute Gasteiger partial charge is 0.0213 e. The van der Waals surface area contributed by atoms with Crippen molar-refractivity contribution in [3.05, 3.63) is 142 Å². The van der Waals surface area contributed by atoms with Gasteiger partial charge < -0.3 is 0 Å². The Labute approximate surface area is 255 Å². The summed E-state index contributed by atoms with van der Waals surface area (Å²) in [7, 11) is 0. The normalized spacial score (nSPS) is 16.9. The van der Waals surface area contributed by atoms with Gasteiger partial charge in [-0.15, -0.1) is 0 Å². The van der Waals surface area contributed by atoms with Crippen molar-refractivity contribution in [2.45, 2.75) is 102 Å². The van der Waals surface area contributed by atoms with Crippen molar-refractivity contribution in [2.75, 3.05) is 0 Å². The molecule has 2 fully saturated rings. The third kappa shape index (κ3) is 6.75. The van der Waals surface area contributed by atoms with Crippen LogP contribution in [-0.2, 0) is 18.3 Å². The van der Waals surface area contributed by atoms with Crippen LogP contribution in [0.3, 0.4) is 0 Å². The summed E-state index contributed by atoms with van der Waals surface area (Å²) in [6, 6.07) is 39.2. The first-order valence-corrected chi connectivity index (χ1v) is 17.0. The zero-order valence-electron chi connectivity index (χ0n) is 25.9. The summed E-state index contributed by atoms with van der Waals surface area (Å²) in [5, 5.41) is 0. The predicted octanol–water partition coefficient (Wildman–Crippen LogP) is 11.4. The van der Waals surface area contributed by atoms with Crippen LogP contribution in [0.15, 0.2) is 103 Å². The molecular formula is C42H50. The number of aryl methyl sites for hydroxylation is 1. The largest absolute Gasteiger partial charge is 0.0622 e. The van der Waals surface area contributed by atoms with E-state index in [-0.39, 0.29) is 5.41 Å². The van der Waals surface area contributed by atoms with Crippen molar-refractivity contribution in [1.82, 2.24) is 0 Å². The van der Waals surface area contributed by atoms with E-state index in [0.29, 0.717) is 0 Å². The summed E-state index contributed by atoms with van der Waals surface area (Å²) in [6.45, 7) is 2.43. The molecule has 0 heterocycles. The Morgan fingerprint density at radius 1 is 0.524 bits per heavy atom. The Hall–Kier alpha value is -3.12. The number of hydrogen-bond donors (Lipinski definition) is 0. The maximum atomic E-state index is 2.49. The highest BCUT2D eigenvalue weighted by Crippen LogP contribution is 2.51. The monoisotopic (exact) mass is 554 g/mol. The van der Waals surface area contributed by atoms with Crippen LogP contribution in [0.1, 0.15) is 116 Å². The summed E-state index contributed by atoms with van der Waals surface area (Å²) in [5.74, 6) is 1.62. The van der Waals surface area contributed by atoms with E-state index in [9.17, 15) is 0 Å². The molecule has 0 spiro atoms. The van der Waals surface area contributed by atoms with Gasteiger partial charge in [-0.3, -0.25) is 0 Å². The average molecular weight is 555 g/mol. The van der Waals surface area contributed by atoms with E-state index < -0.39 is 0 Å². The first-order chi connectivity index (χ1) is 20.7. The molecule has 0 bridgehead atoms. The fraction of sp³-hybridized carbons (Fsp3) is 0.429. The van der Waals surface area contributed by atoms with Crippen LogP contribution in [0.5, 0.6) is 0 Å². The molecule has 0 heteroatoms. The predicted molar refractivity (Wildman–Crippen MR) is 179 cm³/mol. The van der Waals surface area contributed by atoms with Crippen LogP contribution < -0.4 is 0 Å². The zero-order valence-corrected chi connectivity index (χ0v) is 25.9. The van der Waals surface area contributed by atoms with Crippen molar-refractivity contribution in [3.63, 3.8) is 0 Å². The average Bonchev–Trinajstić information content (AvgIpc) is 3.04. The Morgan fingerprint density at radius 2 is 1.00 bits per heavy atom. The fourth-order valence-corrected chi connectivity index (χ4v) is 8.65. The lowest BCUT2D eigenvalue weighted by molar-refractivity contribution is 0.222. The van der Waals surface area contributed by atoms with Crippen molar-refractivity contribution in [3.8, 4) is 0 Å². The quantitative estimate of drug-likeness (QED) is 0.183. The summed E-state index contributed by atoms with van der Waals surface area (Å²) in [4.78, 5) is 0. The lowest BCUT2D eigenvalue weighted by atomic mass is 9.59. The maximum absolute atomic E-state index is 2.49. The molecule has 0 N–H and O–H groups in total. The van der Waals surface area contributed by atoms with Gasteiger partial charge >= 0.3 is 0 Å². The summed E-state index contributed by atoms with van der Waals surface area (Å²) in [5.41, 5.74) is 10.7. The van der Waals surface area contributed by atoms with E-state index in [4.69, 9.17) is 0 Å². The molecule has 2 saturated carbocycles. The van der Waals surface area contributed by atoms with Crippen LogP contribution in [0.2, 0.25) is 0 Å². The highest BCUT2D eigenvalue weighted by molar-refractivity contribution is 5.53. The molecule has 2 aliphatic rings. The molecule has 2 aliphatic carbocycles. The molecule has 0 atom stereocenters. The molecular weight excluding hydrogens is 504 g/mol. The minimum atomic E-state index is 0.0478. The molecule has 218 valence electrons. The van der Waals surface area contributed by atoms with Crippen LogP contribution in [-0.4, -0.2) is 0 Å². The van der Waals surface area contributed by atoms with Crippen molar-refractivity contribution in [1.29, 1.82) is 0 Å². The van der Waals surface area contributed by atoms with Gasteiger partial charge in [-0.25, -0.2) is 0 Å². The van der Waals surface area contributed by atoms with Crippen LogP contribution >= 0.6 is 0 Å². The van der Waals surface area contributed by atoms with Gasteiger partial charge in [0.05, 0.1) is 0 Å². The van der Waals surface area contributed by atoms with Gasteiger partial charge in [-0.05, 0) is 83.4 Å². The second kappa shape index (κ2) is 13.9. The first kappa shape index (κ1) is 29.0. The second-order valence-electron chi connectivity index (χ2n) is 13.6. The van der Waals surface area contributed by atoms with Gasteiger partial charge in [0.25, 0.3) is 0 Å². The van der Waals surface area contributed by atoms with Gasteiger partial charge in [-0.1, -0.05) is 167 Å². The van der Waals surface area contributed by atoms with E-state index >= 15 is 0 Å². The Balaban J connectivity index is 1.57. The van der Waals surface area contributed by atoms with Crippen LogP contribution in [0.4, 0.5) is 0 Å². The molecule has 6 rings (SSSR count). The Bertz CT molecular complexity index is 1350. The standard InChI is InChI=1S/C42H50/c1-33-27-28-38(29-34-17-7-2-8-18-34)40(30-35-19-9-3-10-20-35)41(33)42(39-25-15-6-16-26-39,31-36-21-11-4-12-22-36)32-37-23-13-5-14-24-37/h2-3,6-10,15-20,25-28,36-37H,4-5,11-14,21-24,29-32H2,1H3. The highest BCUT2D eigenvalue weighted by Gasteiger charge is 2.42. The Morgan fingerprint density at radius 3 is 1.52 bits per heavy atom. The fourth-order valence-electron chi connectivity index (χ4n) is 8.65. The summed E-state index contributed by atoms with van der Waals surface area (Å²) in [6.07, 6.45) is 18.6. The molecule has 0 radical (unpaired) electrons. The minimum Gasteiger partial charge on any atom is -0.0622 e. The van der Waals surface area contributed by atoms with Crippen molar-refractivity contribution in [2.24, 2.45) is 11.8 Å². The van der Waals surface area contributed by atoms with Gasteiger partial charge in [-0.2, -0.15) is 0 Å². The minimum absolute atomic E-state index is 0.0478. The molecule has 0 nitrogen and oxygen atoms in total. The highest BCUT2D eigenvalue weighted by atomic mass is 14.5. The topological polar surface area (TPSA) is 0 Å². The SMILES string of the molecule is Cc1ccc(Cc2ccccc2)c(Cc2ccccc2)c1C(CC1CCCCC1)(CC1CCCCC1)c1ccccc1. The summed E-state index contributed by atoms with van der Waals surface area (Å²) < 4.78 is 0. The number of benzene rings is 4. The maximum Gasteiger partial charge on any atom is 0.0213 e. The molecule has 0 aromatic heterocycles. The molecule has 4 aromatic carbocycles. The van der Waals surface area contributed by atoms with Crippen molar-refractivity contribution < 1.29 is 0 Å². The molecule has 0 aliphatic heterocycles. The zero-order chi connectivity index (χ0) is 28.6. The third-order valence-corrected chi connectivity index (χ3v) is 10.6. The van der Waals surface area contributed by atoms with Crippen LogP contribution in [0.25, 0.3) is 0 Å². The molecule has 0 amide bonds. The van der Waals surface area contributed by atoms with E-state index in [2.05, 4.69) is 110 Å². The molecule has 42 heavy (non-hydrogen) atoms. The molecule has 0 saturated heterocycles. The van der Waals surface area contributed by atoms with Crippen molar-refractivity contribution >= 4 is 0 Å².